The zero-order valence-corrected chi connectivity index (χ0v) is 9.84. The summed E-state index contributed by atoms with van der Waals surface area (Å²) in [6, 6.07) is 7.14. The molecule has 0 aliphatic heterocycles. The van der Waals surface area contributed by atoms with Gasteiger partial charge in [0.15, 0.2) is 0 Å². The Morgan fingerprint density at radius 3 is 2.33 bits per heavy atom. The van der Waals surface area contributed by atoms with Gasteiger partial charge in [0.25, 0.3) is 0 Å². The van der Waals surface area contributed by atoms with Gasteiger partial charge < -0.3 is 0 Å². The molecule has 0 amide bonds. The molecule has 2 saturated carbocycles. The fourth-order valence-corrected chi connectivity index (χ4v) is 3.67. The minimum atomic E-state index is 0.586. The van der Waals surface area contributed by atoms with Crippen molar-refractivity contribution in [2.45, 2.75) is 51.4 Å². The van der Waals surface area contributed by atoms with Gasteiger partial charge in [-0.05, 0) is 74.0 Å². The molecule has 0 spiro atoms. The Balaban J connectivity index is 2.02. The second-order valence-electron chi connectivity index (χ2n) is 5.73. The van der Waals surface area contributed by atoms with Crippen molar-refractivity contribution in [3.8, 4) is 0 Å². The van der Waals surface area contributed by atoms with Crippen molar-refractivity contribution >= 4 is 0 Å². The molecule has 2 aliphatic rings. The second-order valence-corrected chi connectivity index (χ2v) is 5.73. The van der Waals surface area contributed by atoms with Crippen LogP contribution in [0.2, 0.25) is 0 Å². The normalized spacial score (nSPS) is 33.6. The fraction of sp³-hybridized carbons (Fsp3) is 0.600. The van der Waals surface area contributed by atoms with E-state index in [0.29, 0.717) is 5.41 Å². The van der Waals surface area contributed by atoms with Crippen LogP contribution in [0.25, 0.3) is 0 Å². The average Bonchev–Trinajstić information content (AvgIpc) is 2.83. The number of aryl methyl sites for hydroxylation is 2. The van der Waals surface area contributed by atoms with E-state index in [2.05, 4.69) is 32.0 Å². The molecule has 3 rings (SSSR count). The van der Waals surface area contributed by atoms with Crippen molar-refractivity contribution in [2.24, 2.45) is 5.92 Å². The molecule has 0 radical (unpaired) electrons. The predicted molar refractivity (Wildman–Crippen MR) is 64.2 cm³/mol. The third kappa shape index (κ3) is 1.34. The van der Waals surface area contributed by atoms with Crippen molar-refractivity contribution in [1.82, 2.24) is 0 Å². The summed E-state index contributed by atoms with van der Waals surface area (Å²) < 4.78 is 0. The smallest absolute Gasteiger partial charge is 0.00440 e. The molecule has 0 unspecified atom stereocenters. The summed E-state index contributed by atoms with van der Waals surface area (Å²) in [6.07, 6.45) is 7.32. The van der Waals surface area contributed by atoms with E-state index in [-0.39, 0.29) is 0 Å². The molecular formula is C15H20. The Labute approximate surface area is 92.7 Å². The van der Waals surface area contributed by atoms with Crippen LogP contribution in [0, 0.1) is 19.8 Å². The van der Waals surface area contributed by atoms with Crippen LogP contribution in [0.3, 0.4) is 0 Å². The second kappa shape index (κ2) is 3.10. The molecule has 80 valence electrons. The van der Waals surface area contributed by atoms with Crippen molar-refractivity contribution in [1.29, 1.82) is 0 Å². The average molecular weight is 200 g/mol. The first kappa shape index (κ1) is 9.45. The van der Waals surface area contributed by atoms with E-state index >= 15 is 0 Å². The lowest BCUT2D eigenvalue weighted by atomic mass is 9.77. The van der Waals surface area contributed by atoms with Gasteiger partial charge in [0.2, 0.25) is 0 Å². The number of rotatable bonds is 1. The number of hydrogen-bond acceptors (Lipinski definition) is 0. The first-order valence-electron chi connectivity index (χ1n) is 6.27. The Bertz CT molecular complexity index is 381. The van der Waals surface area contributed by atoms with Crippen LogP contribution in [-0.2, 0) is 5.41 Å². The van der Waals surface area contributed by atoms with Gasteiger partial charge in [-0.25, -0.2) is 0 Å². The van der Waals surface area contributed by atoms with Crippen molar-refractivity contribution in [3.05, 3.63) is 34.9 Å². The first-order chi connectivity index (χ1) is 7.20. The standard InChI is InChI=1S/C15H20/c1-11-3-4-14(9-12(11)2)15-7-5-13(10-15)6-8-15/h3-4,9,13H,5-8,10H2,1-2H3. The Kier molecular flexibility index (Phi) is 1.95. The largest absolute Gasteiger partial charge is 0.0588 e. The zero-order chi connectivity index (χ0) is 10.5. The Hall–Kier alpha value is -0.780. The first-order valence-corrected chi connectivity index (χ1v) is 6.27. The highest BCUT2D eigenvalue weighted by Crippen LogP contribution is 2.55. The summed E-state index contributed by atoms with van der Waals surface area (Å²) in [5.74, 6) is 1.05. The number of benzene rings is 1. The topological polar surface area (TPSA) is 0 Å². The van der Waals surface area contributed by atoms with Crippen LogP contribution in [-0.4, -0.2) is 0 Å². The van der Waals surface area contributed by atoms with Crippen molar-refractivity contribution < 1.29 is 0 Å². The van der Waals surface area contributed by atoms with Crippen LogP contribution in [0.4, 0.5) is 0 Å². The summed E-state index contributed by atoms with van der Waals surface area (Å²) in [5, 5.41) is 0. The quantitative estimate of drug-likeness (QED) is 0.639. The van der Waals surface area contributed by atoms with E-state index in [1.54, 1.807) is 5.56 Å². The van der Waals surface area contributed by atoms with Crippen molar-refractivity contribution in [2.75, 3.05) is 0 Å². The molecule has 2 bridgehead atoms. The van der Waals surface area contributed by atoms with E-state index < -0.39 is 0 Å². The van der Waals surface area contributed by atoms with Gasteiger partial charge in [-0.2, -0.15) is 0 Å². The third-order valence-corrected chi connectivity index (χ3v) is 4.86. The van der Waals surface area contributed by atoms with Gasteiger partial charge in [0.05, 0.1) is 0 Å². The van der Waals surface area contributed by atoms with Gasteiger partial charge in [-0.3, -0.25) is 0 Å². The minimum absolute atomic E-state index is 0.586. The van der Waals surface area contributed by atoms with E-state index in [1.165, 1.54) is 43.2 Å². The van der Waals surface area contributed by atoms with E-state index in [4.69, 9.17) is 0 Å². The van der Waals surface area contributed by atoms with Crippen LogP contribution >= 0.6 is 0 Å². The summed E-state index contributed by atoms with van der Waals surface area (Å²) in [4.78, 5) is 0. The number of fused-ring (bicyclic) bond motifs is 2. The maximum Gasteiger partial charge on any atom is -0.00440 e. The van der Waals surface area contributed by atoms with E-state index in [0.717, 1.165) is 5.92 Å². The highest BCUT2D eigenvalue weighted by Gasteiger charge is 2.45. The van der Waals surface area contributed by atoms with E-state index in [1.807, 2.05) is 0 Å². The summed E-state index contributed by atoms with van der Waals surface area (Å²) >= 11 is 0. The van der Waals surface area contributed by atoms with Crippen LogP contribution in [0.1, 0.15) is 48.8 Å². The van der Waals surface area contributed by atoms with Crippen LogP contribution in [0.15, 0.2) is 18.2 Å². The molecule has 0 nitrogen and oxygen atoms in total. The maximum absolute atomic E-state index is 2.45. The summed E-state index contributed by atoms with van der Waals surface area (Å²) in [6.45, 7) is 4.46. The van der Waals surface area contributed by atoms with Crippen molar-refractivity contribution in [3.63, 3.8) is 0 Å². The lowest BCUT2D eigenvalue weighted by Crippen LogP contribution is -2.19. The molecule has 15 heavy (non-hydrogen) atoms. The molecule has 2 aliphatic carbocycles. The molecule has 1 aromatic rings. The van der Waals surface area contributed by atoms with Gasteiger partial charge >= 0.3 is 0 Å². The maximum atomic E-state index is 2.45. The lowest BCUT2D eigenvalue weighted by Gasteiger charge is -2.27. The van der Waals surface area contributed by atoms with Gasteiger partial charge in [-0.1, -0.05) is 18.2 Å². The van der Waals surface area contributed by atoms with E-state index in [9.17, 15) is 0 Å². The monoisotopic (exact) mass is 200 g/mol. The summed E-state index contributed by atoms with van der Waals surface area (Å²) in [7, 11) is 0. The Morgan fingerprint density at radius 2 is 1.80 bits per heavy atom. The number of hydrogen-bond donors (Lipinski definition) is 0. The fourth-order valence-electron chi connectivity index (χ4n) is 3.67. The minimum Gasteiger partial charge on any atom is -0.0588 e. The Morgan fingerprint density at radius 1 is 1.07 bits per heavy atom. The highest BCUT2D eigenvalue weighted by molar-refractivity contribution is 5.36. The molecule has 2 fully saturated rings. The molecular weight excluding hydrogens is 180 g/mol. The SMILES string of the molecule is Cc1ccc(C23CCC(CC2)C3)cc1C. The molecule has 1 aromatic carbocycles. The molecule has 0 heterocycles. The predicted octanol–water partition coefficient (Wildman–Crippen LogP) is 4.14. The lowest BCUT2D eigenvalue weighted by molar-refractivity contribution is 0.418. The van der Waals surface area contributed by atoms with Crippen LogP contribution < -0.4 is 0 Å². The van der Waals surface area contributed by atoms with Gasteiger partial charge in [0, 0.05) is 0 Å². The van der Waals surface area contributed by atoms with Gasteiger partial charge in [0.1, 0.15) is 0 Å². The molecule has 0 N–H and O–H groups in total. The molecule has 0 aromatic heterocycles. The molecule has 0 heteroatoms. The van der Waals surface area contributed by atoms with Gasteiger partial charge in [-0.15, -0.1) is 0 Å². The summed E-state index contributed by atoms with van der Waals surface area (Å²) in [5.41, 5.74) is 5.12. The highest BCUT2D eigenvalue weighted by atomic mass is 14.5. The zero-order valence-electron chi connectivity index (χ0n) is 9.84. The van der Waals surface area contributed by atoms with Crippen LogP contribution in [0.5, 0.6) is 0 Å². The molecule has 0 saturated heterocycles. The molecule has 0 atom stereocenters. The third-order valence-electron chi connectivity index (χ3n) is 4.86.